The quantitative estimate of drug-likeness (QED) is 0.567. The SMILES string of the molecule is CC1CCCN(C(=O)CSc2nnc(SCc3ccc(C(C)C)cc3)s2)C1. The lowest BCUT2D eigenvalue weighted by molar-refractivity contribution is -0.130. The smallest absolute Gasteiger partial charge is 0.233 e. The Balaban J connectivity index is 1.44. The van der Waals surface area contributed by atoms with Crippen LogP contribution in [-0.4, -0.2) is 39.8 Å². The molecule has 1 saturated heterocycles. The van der Waals surface area contributed by atoms with Crippen molar-refractivity contribution >= 4 is 40.8 Å². The molecule has 0 saturated carbocycles. The molecule has 7 heteroatoms. The molecule has 1 aliphatic heterocycles. The predicted molar refractivity (Wildman–Crippen MR) is 116 cm³/mol. The average molecular weight is 422 g/mol. The van der Waals surface area contributed by atoms with Gasteiger partial charge in [0, 0.05) is 18.8 Å². The van der Waals surface area contributed by atoms with Gasteiger partial charge in [0.2, 0.25) is 5.91 Å². The third-order valence-electron chi connectivity index (χ3n) is 4.73. The highest BCUT2D eigenvalue weighted by Gasteiger charge is 2.21. The average Bonchev–Trinajstić information content (AvgIpc) is 3.12. The molecule has 0 radical (unpaired) electrons. The zero-order chi connectivity index (χ0) is 19.2. The second-order valence-electron chi connectivity index (χ2n) is 7.39. The number of piperidine rings is 1. The van der Waals surface area contributed by atoms with Gasteiger partial charge in [0.1, 0.15) is 0 Å². The van der Waals surface area contributed by atoms with Crippen LogP contribution in [0.25, 0.3) is 0 Å². The fourth-order valence-electron chi connectivity index (χ4n) is 3.09. The summed E-state index contributed by atoms with van der Waals surface area (Å²) in [5.41, 5.74) is 2.66. The van der Waals surface area contributed by atoms with Crippen LogP contribution in [0.3, 0.4) is 0 Å². The Morgan fingerprint density at radius 1 is 1.22 bits per heavy atom. The van der Waals surface area contributed by atoms with Crippen molar-refractivity contribution in [1.82, 2.24) is 15.1 Å². The predicted octanol–water partition coefficient (Wildman–Crippen LogP) is 5.30. The molecule has 0 spiro atoms. The van der Waals surface area contributed by atoms with Gasteiger partial charge >= 0.3 is 0 Å². The van der Waals surface area contributed by atoms with E-state index in [1.165, 1.54) is 29.3 Å². The third-order valence-corrected chi connectivity index (χ3v) is 7.97. The van der Waals surface area contributed by atoms with Crippen LogP contribution in [0.1, 0.15) is 50.7 Å². The molecule has 146 valence electrons. The monoisotopic (exact) mass is 421 g/mol. The zero-order valence-electron chi connectivity index (χ0n) is 16.2. The van der Waals surface area contributed by atoms with Gasteiger partial charge in [-0.05, 0) is 35.8 Å². The molecule has 1 unspecified atom stereocenters. The van der Waals surface area contributed by atoms with Crippen LogP contribution in [0, 0.1) is 5.92 Å². The Morgan fingerprint density at radius 2 is 1.93 bits per heavy atom. The summed E-state index contributed by atoms with van der Waals surface area (Å²) < 4.78 is 1.84. The van der Waals surface area contributed by atoms with Crippen molar-refractivity contribution in [1.29, 1.82) is 0 Å². The molecule has 27 heavy (non-hydrogen) atoms. The fraction of sp³-hybridized carbons (Fsp3) is 0.550. The summed E-state index contributed by atoms with van der Waals surface area (Å²) in [5, 5.41) is 8.50. The van der Waals surface area contributed by atoms with Crippen molar-refractivity contribution in [3.8, 4) is 0 Å². The van der Waals surface area contributed by atoms with Crippen LogP contribution in [0.5, 0.6) is 0 Å². The Bertz CT molecular complexity index is 745. The van der Waals surface area contributed by atoms with Crippen LogP contribution in [0.4, 0.5) is 0 Å². The molecule has 2 heterocycles. The number of hydrogen-bond acceptors (Lipinski definition) is 6. The van der Waals surface area contributed by atoms with E-state index in [1.807, 2.05) is 4.90 Å². The van der Waals surface area contributed by atoms with Gasteiger partial charge in [0.05, 0.1) is 5.75 Å². The van der Waals surface area contributed by atoms with Gasteiger partial charge in [-0.15, -0.1) is 10.2 Å². The van der Waals surface area contributed by atoms with Gasteiger partial charge in [-0.3, -0.25) is 4.79 Å². The standard InChI is InChI=1S/C20H27N3OS3/c1-14(2)17-8-6-16(7-9-17)12-25-19-21-22-20(27-19)26-13-18(24)23-10-4-5-15(3)11-23/h6-9,14-15H,4-5,10-13H2,1-3H3. The van der Waals surface area contributed by atoms with Gasteiger partial charge in [0.15, 0.2) is 8.68 Å². The number of hydrogen-bond donors (Lipinski definition) is 0. The molecule has 1 aromatic heterocycles. The minimum atomic E-state index is 0.223. The number of likely N-dealkylation sites (tertiary alicyclic amines) is 1. The Morgan fingerprint density at radius 3 is 2.59 bits per heavy atom. The molecule has 1 aromatic carbocycles. The molecule has 0 bridgehead atoms. The highest BCUT2D eigenvalue weighted by atomic mass is 32.2. The van der Waals surface area contributed by atoms with E-state index < -0.39 is 0 Å². The number of aromatic nitrogens is 2. The van der Waals surface area contributed by atoms with E-state index in [1.54, 1.807) is 23.1 Å². The van der Waals surface area contributed by atoms with Crippen LogP contribution in [-0.2, 0) is 10.5 Å². The van der Waals surface area contributed by atoms with E-state index in [0.717, 1.165) is 33.9 Å². The highest BCUT2D eigenvalue weighted by molar-refractivity contribution is 8.03. The molecule has 1 amide bonds. The molecule has 1 fully saturated rings. The Hall–Kier alpha value is -1.05. The third kappa shape index (κ3) is 6.22. The summed E-state index contributed by atoms with van der Waals surface area (Å²) in [6.07, 6.45) is 2.35. The van der Waals surface area contributed by atoms with Crippen LogP contribution in [0.15, 0.2) is 32.9 Å². The first-order valence-corrected chi connectivity index (χ1v) is 12.3. The van der Waals surface area contributed by atoms with Crippen molar-refractivity contribution in [2.45, 2.75) is 54.0 Å². The summed E-state index contributed by atoms with van der Waals surface area (Å²) in [5.74, 6) is 2.75. The number of nitrogens with zero attached hydrogens (tertiary/aromatic N) is 3. The molecule has 1 aliphatic rings. The lowest BCUT2D eigenvalue weighted by atomic mass is 10.0. The first-order chi connectivity index (χ1) is 13.0. The fourth-order valence-corrected chi connectivity index (χ4v) is 5.97. The molecule has 0 aliphatic carbocycles. The maximum Gasteiger partial charge on any atom is 0.233 e. The molecule has 1 atom stereocenters. The van der Waals surface area contributed by atoms with Crippen molar-refractivity contribution in [2.24, 2.45) is 5.92 Å². The maximum absolute atomic E-state index is 12.4. The van der Waals surface area contributed by atoms with Gasteiger partial charge in [-0.2, -0.15) is 0 Å². The first kappa shape index (κ1) is 20.7. The van der Waals surface area contributed by atoms with E-state index in [2.05, 4.69) is 55.2 Å². The van der Waals surface area contributed by atoms with Crippen LogP contribution >= 0.6 is 34.9 Å². The second kappa shape index (κ2) is 9.94. The summed E-state index contributed by atoms with van der Waals surface area (Å²) in [7, 11) is 0. The lowest BCUT2D eigenvalue weighted by Crippen LogP contribution is -2.40. The number of rotatable bonds is 7. The Kier molecular flexibility index (Phi) is 7.61. The highest BCUT2D eigenvalue weighted by Crippen LogP contribution is 2.31. The summed E-state index contributed by atoms with van der Waals surface area (Å²) >= 11 is 4.80. The molecular weight excluding hydrogens is 394 g/mol. The van der Waals surface area contributed by atoms with Crippen molar-refractivity contribution in [3.63, 3.8) is 0 Å². The summed E-state index contributed by atoms with van der Waals surface area (Å²) in [6, 6.07) is 8.79. The molecule has 0 N–H and O–H groups in total. The lowest BCUT2D eigenvalue weighted by Gasteiger charge is -2.30. The van der Waals surface area contributed by atoms with Crippen LogP contribution in [0.2, 0.25) is 0 Å². The number of thioether (sulfide) groups is 2. The van der Waals surface area contributed by atoms with Crippen molar-refractivity contribution in [2.75, 3.05) is 18.8 Å². The first-order valence-electron chi connectivity index (χ1n) is 9.47. The largest absolute Gasteiger partial charge is 0.342 e. The van der Waals surface area contributed by atoms with E-state index in [9.17, 15) is 4.79 Å². The van der Waals surface area contributed by atoms with Gasteiger partial charge in [0.25, 0.3) is 0 Å². The second-order valence-corrected chi connectivity index (χ2v) is 10.8. The van der Waals surface area contributed by atoms with Gasteiger partial charge in [-0.25, -0.2) is 0 Å². The normalized spacial score (nSPS) is 17.5. The maximum atomic E-state index is 12.4. The molecule has 4 nitrogen and oxygen atoms in total. The Labute approximate surface area is 174 Å². The van der Waals surface area contributed by atoms with Gasteiger partial charge in [-0.1, -0.05) is 79.9 Å². The summed E-state index contributed by atoms with van der Waals surface area (Å²) in [4.78, 5) is 14.4. The minimum Gasteiger partial charge on any atom is -0.342 e. The molecule has 3 rings (SSSR count). The van der Waals surface area contributed by atoms with E-state index in [4.69, 9.17) is 0 Å². The summed E-state index contributed by atoms with van der Waals surface area (Å²) in [6.45, 7) is 8.43. The molecule has 2 aromatic rings. The molecular formula is C20H27N3OS3. The number of carbonyl (C=O) groups is 1. The van der Waals surface area contributed by atoms with Crippen molar-refractivity contribution < 1.29 is 4.79 Å². The van der Waals surface area contributed by atoms with E-state index in [0.29, 0.717) is 17.6 Å². The van der Waals surface area contributed by atoms with E-state index >= 15 is 0 Å². The number of amides is 1. The minimum absolute atomic E-state index is 0.223. The number of carbonyl (C=O) groups excluding carboxylic acids is 1. The zero-order valence-corrected chi connectivity index (χ0v) is 18.6. The van der Waals surface area contributed by atoms with Crippen LogP contribution < -0.4 is 0 Å². The van der Waals surface area contributed by atoms with Gasteiger partial charge < -0.3 is 4.90 Å². The topological polar surface area (TPSA) is 46.1 Å². The number of benzene rings is 1. The van der Waals surface area contributed by atoms with E-state index in [-0.39, 0.29) is 5.91 Å². The van der Waals surface area contributed by atoms with Crippen molar-refractivity contribution in [3.05, 3.63) is 35.4 Å².